The fourth-order valence-corrected chi connectivity index (χ4v) is 8.45. The van der Waals surface area contributed by atoms with E-state index in [1.54, 1.807) is 4.80 Å². The second kappa shape index (κ2) is 16.5. The van der Waals surface area contributed by atoms with Crippen LogP contribution in [0, 0.1) is 5.92 Å². The molecular weight excluding hydrogens is 714 g/mol. The molecule has 7 aromatic rings. The van der Waals surface area contributed by atoms with E-state index in [0.29, 0.717) is 24.0 Å². The lowest BCUT2D eigenvalue weighted by atomic mass is 9.77. The van der Waals surface area contributed by atoms with Crippen molar-refractivity contribution < 1.29 is 4.79 Å². The largest absolute Gasteiger partial charge is 0.371 e. The Labute approximate surface area is 333 Å². The molecule has 1 saturated heterocycles. The summed E-state index contributed by atoms with van der Waals surface area (Å²) in [5.74, 6) is 2.00. The van der Waals surface area contributed by atoms with Gasteiger partial charge in [0.1, 0.15) is 11.5 Å². The second-order valence-corrected chi connectivity index (χ2v) is 15.2. The second-order valence-electron chi connectivity index (χ2n) is 14.8. The molecule has 0 N–H and O–H groups in total. The zero-order valence-corrected chi connectivity index (χ0v) is 32.7. The van der Waals surface area contributed by atoms with Gasteiger partial charge in [0.25, 0.3) is 0 Å². The van der Waals surface area contributed by atoms with E-state index in [1.807, 2.05) is 22.8 Å². The summed E-state index contributed by atoms with van der Waals surface area (Å²) >= 11 is 6.41. The van der Waals surface area contributed by atoms with Gasteiger partial charge in [0, 0.05) is 37.3 Å². The summed E-state index contributed by atoms with van der Waals surface area (Å²) in [5.41, 5.74) is 7.82. The molecule has 56 heavy (non-hydrogen) atoms. The van der Waals surface area contributed by atoms with E-state index in [1.165, 1.54) is 18.5 Å². The number of hydrogen-bond acceptors (Lipinski definition) is 6. The van der Waals surface area contributed by atoms with Crippen LogP contribution >= 0.6 is 11.6 Å². The number of rotatable bonds is 13. The maximum Gasteiger partial charge on any atom is 0.205 e. The van der Waals surface area contributed by atoms with Crippen LogP contribution in [0.15, 0.2) is 133 Å². The number of hydrogen-bond donors (Lipinski definition) is 0. The standard InChI is InChI=1S/C47H46ClN7O/c1-3-4-22-44-49-45(48)43(33-56)54(44)32-35-23-25-36(26-24-35)42-30-40(53-29-14-15-34(2)31-53)27-28-41(42)46-50-52-55(51-46)47(37-16-8-5-9-17-37,38-18-10-6-11-19-38)39-20-12-7-13-21-39/h5-13,16-21,23-28,30,33-34H,3-4,14-15,22,29,31-32H2,1-2H3. The maximum absolute atomic E-state index is 12.1. The van der Waals surface area contributed by atoms with Gasteiger partial charge in [-0.15, -0.1) is 15.0 Å². The SMILES string of the molecule is CCCCc1nc(Cl)c(C=O)n1Cc1ccc(-c2cc(N3CCCC(C)C3)ccc2-c2nnn(C(c3ccccc3)(c3ccccc3)c3ccccc3)n2)cc1. The fraction of sp³-hybridized carbons (Fsp3) is 0.255. The molecule has 1 fully saturated rings. The average Bonchev–Trinajstić information content (AvgIpc) is 3.85. The molecule has 1 aliphatic rings. The summed E-state index contributed by atoms with van der Waals surface area (Å²) in [5, 5.41) is 15.2. The number of unbranched alkanes of at least 4 members (excludes halogenated alkanes) is 1. The lowest BCUT2D eigenvalue weighted by Gasteiger charge is -2.34. The van der Waals surface area contributed by atoms with Crippen molar-refractivity contribution in [2.45, 2.75) is 58.0 Å². The molecule has 9 heteroatoms. The number of halogens is 1. The molecule has 0 aliphatic carbocycles. The zero-order chi connectivity index (χ0) is 38.5. The zero-order valence-electron chi connectivity index (χ0n) is 31.9. The van der Waals surface area contributed by atoms with Gasteiger partial charge in [0.05, 0.1) is 0 Å². The summed E-state index contributed by atoms with van der Waals surface area (Å²) in [6, 6.07) is 46.4. The molecule has 0 bridgehead atoms. The van der Waals surface area contributed by atoms with E-state index < -0.39 is 5.54 Å². The highest BCUT2D eigenvalue weighted by Gasteiger charge is 2.41. The first kappa shape index (κ1) is 37.1. The minimum Gasteiger partial charge on any atom is -0.371 e. The number of nitrogens with zero attached hydrogens (tertiary/aromatic N) is 7. The molecule has 0 radical (unpaired) electrons. The van der Waals surface area contributed by atoms with Gasteiger partial charge in [0.15, 0.2) is 17.0 Å². The van der Waals surface area contributed by atoms with E-state index in [-0.39, 0.29) is 5.15 Å². The highest BCUT2D eigenvalue weighted by Crippen LogP contribution is 2.41. The molecule has 3 heterocycles. The number of carbonyl (C=O) groups is 1. The molecule has 1 atom stereocenters. The van der Waals surface area contributed by atoms with Crippen molar-refractivity contribution in [3.8, 4) is 22.5 Å². The highest BCUT2D eigenvalue weighted by atomic mass is 35.5. The number of piperidine rings is 1. The summed E-state index contributed by atoms with van der Waals surface area (Å²) in [6.45, 7) is 7.02. The Balaban J connectivity index is 1.24. The Morgan fingerprint density at radius 3 is 2.05 bits per heavy atom. The number of tetrazole rings is 1. The quantitative estimate of drug-likeness (QED) is 0.0860. The van der Waals surface area contributed by atoms with Crippen molar-refractivity contribution in [2.24, 2.45) is 5.92 Å². The van der Waals surface area contributed by atoms with Gasteiger partial charge in [0.2, 0.25) is 5.82 Å². The first-order chi connectivity index (χ1) is 27.5. The van der Waals surface area contributed by atoms with Crippen LogP contribution in [0.3, 0.4) is 0 Å². The van der Waals surface area contributed by atoms with Crippen LogP contribution in [0.25, 0.3) is 22.5 Å². The Morgan fingerprint density at radius 2 is 1.46 bits per heavy atom. The van der Waals surface area contributed by atoms with Crippen LogP contribution in [0.2, 0.25) is 5.15 Å². The molecule has 282 valence electrons. The molecule has 5 aromatic carbocycles. The van der Waals surface area contributed by atoms with Crippen molar-refractivity contribution in [1.29, 1.82) is 0 Å². The summed E-state index contributed by atoms with van der Waals surface area (Å²) in [4.78, 5) is 20.9. The lowest BCUT2D eigenvalue weighted by molar-refractivity contribution is 0.111. The molecule has 1 unspecified atom stereocenters. The third-order valence-corrected chi connectivity index (χ3v) is 11.3. The van der Waals surface area contributed by atoms with Gasteiger partial charge >= 0.3 is 0 Å². The third kappa shape index (κ3) is 7.17. The van der Waals surface area contributed by atoms with Crippen LogP contribution in [-0.2, 0) is 18.5 Å². The number of aldehydes is 1. The van der Waals surface area contributed by atoms with Crippen molar-refractivity contribution >= 4 is 23.6 Å². The van der Waals surface area contributed by atoms with E-state index in [4.69, 9.17) is 27.0 Å². The fourth-order valence-electron chi connectivity index (χ4n) is 8.20. The van der Waals surface area contributed by atoms with E-state index >= 15 is 0 Å². The minimum atomic E-state index is -0.882. The van der Waals surface area contributed by atoms with Gasteiger partial charge in [-0.25, -0.2) is 4.98 Å². The molecule has 8 rings (SSSR count). The lowest BCUT2D eigenvalue weighted by Crippen LogP contribution is -2.39. The molecule has 0 saturated carbocycles. The van der Waals surface area contributed by atoms with Crippen molar-refractivity contribution in [2.75, 3.05) is 18.0 Å². The summed E-state index contributed by atoms with van der Waals surface area (Å²) in [7, 11) is 0. The van der Waals surface area contributed by atoms with Gasteiger partial charge in [-0.3, -0.25) is 4.79 Å². The Bertz CT molecular complexity index is 2290. The number of anilines is 1. The van der Waals surface area contributed by atoms with E-state index in [2.05, 4.69) is 139 Å². The molecule has 0 spiro atoms. The Hall–Kier alpha value is -5.86. The molecule has 0 amide bonds. The first-order valence-corrected chi connectivity index (χ1v) is 20.0. The van der Waals surface area contributed by atoms with Crippen LogP contribution in [-0.4, -0.2) is 49.1 Å². The summed E-state index contributed by atoms with van der Waals surface area (Å²) in [6.07, 6.45) is 5.99. The topological polar surface area (TPSA) is 81.7 Å². The Morgan fingerprint density at radius 1 is 0.821 bits per heavy atom. The summed E-state index contributed by atoms with van der Waals surface area (Å²) < 4.78 is 1.95. The number of imidazole rings is 1. The molecule has 8 nitrogen and oxygen atoms in total. The number of aromatic nitrogens is 6. The molecular formula is C47H46ClN7O. The average molecular weight is 760 g/mol. The van der Waals surface area contributed by atoms with Gasteiger partial charge in [-0.2, -0.15) is 0 Å². The number of benzene rings is 5. The van der Waals surface area contributed by atoms with Gasteiger partial charge < -0.3 is 9.47 Å². The third-order valence-electron chi connectivity index (χ3n) is 11.1. The monoisotopic (exact) mass is 759 g/mol. The minimum absolute atomic E-state index is 0.257. The van der Waals surface area contributed by atoms with Crippen LogP contribution in [0.1, 0.15) is 78.1 Å². The van der Waals surface area contributed by atoms with Crippen molar-refractivity contribution in [1.82, 2.24) is 29.8 Å². The molecule has 2 aromatic heterocycles. The maximum atomic E-state index is 12.1. The number of carbonyl (C=O) groups excluding carboxylic acids is 1. The van der Waals surface area contributed by atoms with E-state index in [0.717, 1.165) is 83.4 Å². The predicted octanol–water partition coefficient (Wildman–Crippen LogP) is 10.1. The predicted molar refractivity (Wildman–Crippen MR) is 224 cm³/mol. The number of aryl methyl sites for hydroxylation is 1. The van der Waals surface area contributed by atoms with Crippen molar-refractivity contribution in [3.63, 3.8) is 0 Å². The van der Waals surface area contributed by atoms with Gasteiger partial charge in [-0.05, 0) is 82.0 Å². The van der Waals surface area contributed by atoms with Crippen LogP contribution < -0.4 is 4.90 Å². The molecule has 1 aliphatic heterocycles. The van der Waals surface area contributed by atoms with Crippen LogP contribution in [0.4, 0.5) is 5.69 Å². The Kier molecular flexibility index (Phi) is 10.9. The normalized spacial score (nSPS) is 14.6. The smallest absolute Gasteiger partial charge is 0.205 e. The van der Waals surface area contributed by atoms with Crippen LogP contribution in [0.5, 0.6) is 0 Å². The first-order valence-electron chi connectivity index (χ1n) is 19.7. The van der Waals surface area contributed by atoms with Crippen molar-refractivity contribution in [3.05, 3.63) is 172 Å². The highest BCUT2D eigenvalue weighted by molar-refractivity contribution is 6.31. The van der Waals surface area contributed by atoms with E-state index in [9.17, 15) is 4.79 Å². The van der Waals surface area contributed by atoms with Gasteiger partial charge in [-0.1, -0.05) is 147 Å².